The van der Waals surface area contributed by atoms with E-state index >= 15 is 0 Å². The first-order valence-corrected chi connectivity index (χ1v) is 14.0. The van der Waals surface area contributed by atoms with Gasteiger partial charge < -0.3 is 34.9 Å². The van der Waals surface area contributed by atoms with Crippen LogP contribution in [-0.2, 0) is 16.1 Å². The van der Waals surface area contributed by atoms with Crippen LogP contribution in [0.3, 0.4) is 0 Å². The van der Waals surface area contributed by atoms with Gasteiger partial charge in [0.15, 0.2) is 16.6 Å². The number of primary amides is 1. The van der Waals surface area contributed by atoms with Gasteiger partial charge >= 0.3 is 5.97 Å². The number of nitrogens with zero attached hydrogens (tertiary/aromatic N) is 4. The third kappa shape index (κ3) is 7.06. The van der Waals surface area contributed by atoms with Crippen molar-refractivity contribution >= 4 is 45.9 Å². The molecule has 0 bridgehead atoms. The van der Waals surface area contributed by atoms with Gasteiger partial charge in [0.25, 0.3) is 0 Å². The Balaban J connectivity index is 1.63. The van der Waals surface area contributed by atoms with Crippen LogP contribution in [0.4, 0.5) is 22.7 Å². The molecule has 220 valence electrons. The number of rotatable bonds is 12. The molecule has 1 aliphatic heterocycles. The fraction of sp³-hybridized carbons (Fsp3) is 0.444. The van der Waals surface area contributed by atoms with E-state index in [2.05, 4.69) is 20.6 Å². The molecule has 4 rings (SSSR count). The first kappa shape index (κ1) is 29.6. The van der Waals surface area contributed by atoms with Gasteiger partial charge in [0.05, 0.1) is 39.5 Å². The highest BCUT2D eigenvalue weighted by atomic mass is 32.1. The molecule has 1 aliphatic rings. The number of nitrogens with one attached hydrogen (secondary N) is 2. The number of aryl methyl sites for hydroxylation is 1. The van der Waals surface area contributed by atoms with Crippen molar-refractivity contribution in [2.75, 3.05) is 56.6 Å². The summed E-state index contributed by atoms with van der Waals surface area (Å²) in [6.45, 7) is 5.33. The average molecular weight is 586 g/mol. The highest BCUT2D eigenvalue weighted by molar-refractivity contribution is 7.17. The van der Waals surface area contributed by atoms with Gasteiger partial charge in [0.2, 0.25) is 17.6 Å². The molecule has 0 aliphatic carbocycles. The van der Waals surface area contributed by atoms with Crippen molar-refractivity contribution in [3.63, 3.8) is 0 Å². The fourth-order valence-corrected chi connectivity index (χ4v) is 5.38. The van der Waals surface area contributed by atoms with Crippen molar-refractivity contribution in [3.05, 3.63) is 34.3 Å². The van der Waals surface area contributed by atoms with Crippen molar-refractivity contribution in [2.24, 2.45) is 11.7 Å². The number of ether oxygens (including phenoxy) is 4. The predicted octanol–water partition coefficient (Wildman–Crippen LogP) is 3.50. The molecule has 3 heterocycles. The molecule has 0 saturated carbocycles. The Morgan fingerprint density at radius 3 is 2.46 bits per heavy atom. The number of carbonyl (C=O) groups excluding carboxylic acids is 2. The first-order valence-electron chi connectivity index (χ1n) is 13.1. The quantitative estimate of drug-likeness (QED) is 0.266. The van der Waals surface area contributed by atoms with Crippen LogP contribution >= 0.6 is 11.3 Å². The number of hydrogen-bond acceptors (Lipinski definition) is 13. The molecule has 1 unspecified atom stereocenters. The number of aromatic nitrogens is 3. The van der Waals surface area contributed by atoms with E-state index in [4.69, 9.17) is 29.7 Å². The molecule has 0 spiro atoms. The molecular weight excluding hydrogens is 550 g/mol. The second-order valence-corrected chi connectivity index (χ2v) is 10.3. The molecule has 14 heteroatoms. The number of hydrogen-bond donors (Lipinski definition) is 3. The Morgan fingerprint density at radius 2 is 1.83 bits per heavy atom. The van der Waals surface area contributed by atoms with Crippen LogP contribution in [0.5, 0.6) is 17.2 Å². The second kappa shape index (κ2) is 13.4. The Bertz CT molecular complexity index is 1370. The van der Waals surface area contributed by atoms with E-state index in [0.29, 0.717) is 57.7 Å². The molecule has 1 saturated heterocycles. The maximum absolute atomic E-state index is 12.3. The van der Waals surface area contributed by atoms with Gasteiger partial charge in [-0.25, -0.2) is 9.78 Å². The van der Waals surface area contributed by atoms with Crippen molar-refractivity contribution in [3.8, 4) is 17.2 Å². The van der Waals surface area contributed by atoms with Crippen LogP contribution in [0, 0.1) is 12.8 Å². The molecular formula is C27H35N7O6S. The Labute approximate surface area is 242 Å². The van der Waals surface area contributed by atoms with E-state index in [1.54, 1.807) is 35.2 Å². The SMILES string of the molecule is CCOC(=O)c1sc(Nc2nc(NCc3cc(OC)c(OC)c(OC)c3)cc(N3CCCC(C(N)=O)C3)n2)nc1C. The monoisotopic (exact) mass is 585 g/mol. The van der Waals surface area contributed by atoms with Gasteiger partial charge in [-0.3, -0.25) is 10.1 Å². The van der Waals surface area contributed by atoms with Crippen LogP contribution < -0.4 is 35.5 Å². The zero-order valence-corrected chi connectivity index (χ0v) is 24.6. The summed E-state index contributed by atoms with van der Waals surface area (Å²) in [5.74, 6) is 2.00. The van der Waals surface area contributed by atoms with Gasteiger partial charge in [-0.05, 0) is 44.4 Å². The van der Waals surface area contributed by atoms with E-state index in [1.165, 1.54) is 0 Å². The van der Waals surface area contributed by atoms with Crippen molar-refractivity contribution in [1.82, 2.24) is 15.0 Å². The molecule has 1 atom stereocenters. The topological polar surface area (TPSA) is 163 Å². The van der Waals surface area contributed by atoms with Gasteiger partial charge in [-0.2, -0.15) is 9.97 Å². The molecule has 2 aromatic heterocycles. The first-order chi connectivity index (χ1) is 19.8. The van der Waals surface area contributed by atoms with Crippen molar-refractivity contribution in [1.29, 1.82) is 0 Å². The Hall–Kier alpha value is -4.33. The second-order valence-electron chi connectivity index (χ2n) is 9.29. The molecule has 3 aromatic rings. The largest absolute Gasteiger partial charge is 0.493 e. The Kier molecular flexibility index (Phi) is 9.65. The van der Waals surface area contributed by atoms with Gasteiger partial charge in [0, 0.05) is 25.7 Å². The smallest absolute Gasteiger partial charge is 0.350 e. The number of esters is 1. The molecule has 0 radical (unpaired) electrons. The summed E-state index contributed by atoms with van der Waals surface area (Å²) >= 11 is 1.16. The van der Waals surface area contributed by atoms with Crippen LogP contribution in [0.15, 0.2) is 18.2 Å². The molecule has 1 amide bonds. The number of carbonyl (C=O) groups is 2. The highest BCUT2D eigenvalue weighted by Crippen LogP contribution is 2.38. The number of piperidine rings is 1. The maximum atomic E-state index is 12.3. The summed E-state index contributed by atoms with van der Waals surface area (Å²) in [6.07, 6.45) is 1.55. The van der Waals surface area contributed by atoms with E-state index in [-0.39, 0.29) is 24.4 Å². The summed E-state index contributed by atoms with van der Waals surface area (Å²) in [5.41, 5.74) is 7.03. The van der Waals surface area contributed by atoms with E-state index < -0.39 is 5.97 Å². The molecule has 4 N–H and O–H groups in total. The standard InChI is InChI=1S/C27H35N7O6S/c1-6-40-25(36)23-15(2)30-27(41-23)33-26-31-20(12-21(32-26)34-9-7-8-17(14-34)24(28)35)29-13-16-10-18(37-3)22(39-5)19(11-16)38-4/h10-12,17H,6-9,13-14H2,1-5H3,(H2,28,35)(H2,29,30,31,32,33). The lowest BCUT2D eigenvalue weighted by molar-refractivity contribution is -0.122. The van der Waals surface area contributed by atoms with Crippen LogP contribution in [0.25, 0.3) is 0 Å². The van der Waals surface area contributed by atoms with Gasteiger partial charge in [-0.1, -0.05) is 11.3 Å². The third-order valence-corrected chi connectivity index (χ3v) is 7.59. The predicted molar refractivity (Wildman–Crippen MR) is 156 cm³/mol. The molecule has 41 heavy (non-hydrogen) atoms. The normalized spacial score (nSPS) is 14.8. The summed E-state index contributed by atoms with van der Waals surface area (Å²) in [4.78, 5) is 40.4. The number of benzene rings is 1. The minimum atomic E-state index is -0.427. The summed E-state index contributed by atoms with van der Waals surface area (Å²) in [7, 11) is 4.68. The number of nitrogens with two attached hydrogens (primary N) is 1. The highest BCUT2D eigenvalue weighted by Gasteiger charge is 2.26. The lowest BCUT2D eigenvalue weighted by Gasteiger charge is -2.32. The van der Waals surface area contributed by atoms with Crippen molar-refractivity contribution in [2.45, 2.75) is 33.2 Å². The summed E-state index contributed by atoms with van der Waals surface area (Å²) < 4.78 is 21.5. The number of methoxy groups -OCH3 is 3. The molecule has 1 fully saturated rings. The van der Waals surface area contributed by atoms with E-state index in [1.807, 2.05) is 23.1 Å². The van der Waals surface area contributed by atoms with Gasteiger partial charge in [-0.15, -0.1) is 0 Å². The third-order valence-electron chi connectivity index (χ3n) is 6.53. The van der Waals surface area contributed by atoms with Crippen LogP contribution in [0.2, 0.25) is 0 Å². The minimum Gasteiger partial charge on any atom is -0.493 e. The molecule has 1 aromatic carbocycles. The Morgan fingerprint density at radius 1 is 1.10 bits per heavy atom. The van der Waals surface area contributed by atoms with Crippen LogP contribution in [0.1, 0.15) is 40.7 Å². The van der Waals surface area contributed by atoms with E-state index in [9.17, 15) is 9.59 Å². The van der Waals surface area contributed by atoms with Gasteiger partial charge in [0.1, 0.15) is 16.5 Å². The average Bonchev–Trinajstić information content (AvgIpc) is 3.34. The van der Waals surface area contributed by atoms with Crippen LogP contribution in [-0.4, -0.2) is 67.9 Å². The number of amides is 1. The molecule has 13 nitrogen and oxygen atoms in total. The number of anilines is 4. The maximum Gasteiger partial charge on any atom is 0.350 e. The minimum absolute atomic E-state index is 0.264. The van der Waals surface area contributed by atoms with Crippen molar-refractivity contribution < 1.29 is 28.5 Å². The zero-order chi connectivity index (χ0) is 29.5. The lowest BCUT2D eigenvalue weighted by atomic mass is 9.97. The zero-order valence-electron chi connectivity index (χ0n) is 23.8. The summed E-state index contributed by atoms with van der Waals surface area (Å²) in [5, 5.41) is 6.92. The van der Waals surface area contributed by atoms with E-state index in [0.717, 1.165) is 36.3 Å². The fourth-order valence-electron chi connectivity index (χ4n) is 4.52. The lowest BCUT2D eigenvalue weighted by Crippen LogP contribution is -2.41. The summed E-state index contributed by atoms with van der Waals surface area (Å²) in [6, 6.07) is 5.53. The number of thiazole rings is 1.